The SMILES string of the molecule is COc1cc(C2=C(c3ccncc3)N=C(c3ccc4[nH]ccc4c3)C2)cnc1N. The molecule has 1 aliphatic rings. The lowest BCUT2D eigenvalue weighted by Crippen LogP contribution is -2.00. The summed E-state index contributed by atoms with van der Waals surface area (Å²) in [5.74, 6) is 0.936. The number of nitrogens with one attached hydrogen (secondary N) is 1. The number of hydrogen-bond acceptors (Lipinski definition) is 5. The topological polar surface area (TPSA) is 89.2 Å². The molecule has 4 heterocycles. The van der Waals surface area contributed by atoms with Crippen LogP contribution in [0.25, 0.3) is 22.2 Å². The number of rotatable bonds is 4. The van der Waals surface area contributed by atoms with Crippen LogP contribution >= 0.6 is 0 Å². The molecule has 5 rings (SSSR count). The second-order valence-corrected chi connectivity index (χ2v) is 6.89. The van der Waals surface area contributed by atoms with Crippen molar-refractivity contribution in [3.8, 4) is 5.75 Å². The van der Waals surface area contributed by atoms with Gasteiger partial charge in [0, 0.05) is 53.2 Å². The third-order valence-electron chi connectivity index (χ3n) is 5.17. The molecule has 0 saturated carbocycles. The van der Waals surface area contributed by atoms with Crippen molar-refractivity contribution < 1.29 is 4.74 Å². The maximum absolute atomic E-state index is 5.91. The molecule has 6 nitrogen and oxygen atoms in total. The van der Waals surface area contributed by atoms with Gasteiger partial charge < -0.3 is 15.5 Å². The minimum Gasteiger partial charge on any atom is -0.493 e. The van der Waals surface area contributed by atoms with E-state index < -0.39 is 0 Å². The van der Waals surface area contributed by atoms with Gasteiger partial charge in [-0.3, -0.25) is 9.98 Å². The van der Waals surface area contributed by atoms with E-state index in [0.717, 1.165) is 39.2 Å². The molecule has 142 valence electrons. The summed E-state index contributed by atoms with van der Waals surface area (Å²) < 4.78 is 5.38. The van der Waals surface area contributed by atoms with Gasteiger partial charge in [-0.1, -0.05) is 6.07 Å². The van der Waals surface area contributed by atoms with E-state index in [2.05, 4.69) is 39.2 Å². The molecule has 3 N–H and O–H groups in total. The first kappa shape index (κ1) is 17.2. The number of allylic oxidation sites excluding steroid dienone is 1. The van der Waals surface area contributed by atoms with E-state index in [1.165, 1.54) is 5.39 Å². The minimum absolute atomic E-state index is 0.374. The van der Waals surface area contributed by atoms with Crippen molar-refractivity contribution >= 4 is 33.7 Å². The van der Waals surface area contributed by atoms with Gasteiger partial charge in [0.2, 0.25) is 0 Å². The Bertz CT molecular complexity index is 1270. The second-order valence-electron chi connectivity index (χ2n) is 6.89. The predicted molar refractivity (Wildman–Crippen MR) is 116 cm³/mol. The van der Waals surface area contributed by atoms with Crippen LogP contribution in [-0.2, 0) is 0 Å². The standard InChI is InChI=1S/C23H19N5O/c1-29-21-11-17(13-27-23(21)24)18-12-20(28-22(18)14-4-7-25-8-5-14)15-2-3-19-16(10-15)6-9-26-19/h2-11,13,26H,12H2,1H3,(H2,24,27). The monoisotopic (exact) mass is 381 g/mol. The maximum Gasteiger partial charge on any atom is 0.166 e. The van der Waals surface area contributed by atoms with Crippen LogP contribution in [0.2, 0.25) is 0 Å². The van der Waals surface area contributed by atoms with E-state index >= 15 is 0 Å². The van der Waals surface area contributed by atoms with Crippen LogP contribution in [0.3, 0.4) is 0 Å². The molecule has 0 fully saturated rings. The number of nitrogens with zero attached hydrogens (tertiary/aromatic N) is 3. The summed E-state index contributed by atoms with van der Waals surface area (Å²) in [6, 6.07) is 14.3. The summed E-state index contributed by atoms with van der Waals surface area (Å²) in [6.45, 7) is 0. The zero-order valence-electron chi connectivity index (χ0n) is 15.9. The highest BCUT2D eigenvalue weighted by molar-refractivity contribution is 6.17. The number of nitrogens with two attached hydrogens (primary N) is 1. The summed E-state index contributed by atoms with van der Waals surface area (Å²) in [5, 5.41) is 1.17. The fraction of sp³-hybridized carbons (Fsp3) is 0.0870. The van der Waals surface area contributed by atoms with Crippen molar-refractivity contribution in [3.63, 3.8) is 0 Å². The first-order chi connectivity index (χ1) is 14.2. The number of nitrogen functional groups attached to an aromatic ring is 1. The summed E-state index contributed by atoms with van der Waals surface area (Å²) in [7, 11) is 1.60. The average molecular weight is 381 g/mol. The highest BCUT2D eigenvalue weighted by atomic mass is 16.5. The second kappa shape index (κ2) is 6.91. The first-order valence-electron chi connectivity index (χ1n) is 9.31. The molecule has 0 amide bonds. The molecular formula is C23H19N5O. The van der Waals surface area contributed by atoms with Crippen molar-refractivity contribution in [3.05, 3.63) is 83.9 Å². The molecule has 3 aromatic heterocycles. The number of benzene rings is 1. The lowest BCUT2D eigenvalue weighted by Gasteiger charge is -2.10. The zero-order chi connectivity index (χ0) is 19.8. The number of ether oxygens (including phenoxy) is 1. The predicted octanol–water partition coefficient (Wildman–Crippen LogP) is 4.31. The fourth-order valence-electron chi connectivity index (χ4n) is 3.66. The first-order valence-corrected chi connectivity index (χ1v) is 9.31. The lowest BCUT2D eigenvalue weighted by molar-refractivity contribution is 0.415. The zero-order valence-corrected chi connectivity index (χ0v) is 15.9. The number of hydrogen-bond donors (Lipinski definition) is 2. The van der Waals surface area contributed by atoms with E-state index in [1.807, 2.05) is 24.4 Å². The van der Waals surface area contributed by atoms with Gasteiger partial charge >= 0.3 is 0 Å². The molecule has 1 aliphatic heterocycles. The number of anilines is 1. The van der Waals surface area contributed by atoms with Crippen molar-refractivity contribution in [2.24, 2.45) is 4.99 Å². The molecule has 0 radical (unpaired) electrons. The van der Waals surface area contributed by atoms with E-state index in [0.29, 0.717) is 18.0 Å². The molecule has 0 atom stereocenters. The largest absolute Gasteiger partial charge is 0.493 e. The Balaban J connectivity index is 1.62. The smallest absolute Gasteiger partial charge is 0.166 e. The van der Waals surface area contributed by atoms with Gasteiger partial charge in [0.05, 0.1) is 18.5 Å². The molecule has 4 aromatic rings. The number of aromatic amines is 1. The van der Waals surface area contributed by atoms with Gasteiger partial charge in [-0.15, -0.1) is 0 Å². The van der Waals surface area contributed by atoms with Crippen LogP contribution in [0.1, 0.15) is 23.1 Å². The Morgan fingerprint density at radius 1 is 1.00 bits per heavy atom. The van der Waals surface area contributed by atoms with Gasteiger partial charge in [-0.25, -0.2) is 4.98 Å². The normalized spacial score (nSPS) is 13.8. The van der Waals surface area contributed by atoms with Gasteiger partial charge in [0.1, 0.15) is 0 Å². The van der Waals surface area contributed by atoms with Crippen LogP contribution in [-0.4, -0.2) is 27.8 Å². The van der Waals surface area contributed by atoms with Crippen LogP contribution in [0.5, 0.6) is 5.75 Å². The Morgan fingerprint density at radius 3 is 2.69 bits per heavy atom. The van der Waals surface area contributed by atoms with Crippen molar-refractivity contribution in [2.45, 2.75) is 6.42 Å². The number of methoxy groups -OCH3 is 1. The Morgan fingerprint density at radius 2 is 1.86 bits per heavy atom. The number of aromatic nitrogens is 3. The van der Waals surface area contributed by atoms with Gasteiger partial charge in [-0.05, 0) is 47.5 Å². The summed E-state index contributed by atoms with van der Waals surface area (Å²) in [5.41, 5.74) is 13.1. The molecule has 0 saturated heterocycles. The molecular weight excluding hydrogens is 362 g/mol. The molecule has 29 heavy (non-hydrogen) atoms. The minimum atomic E-state index is 0.374. The Hall–Kier alpha value is -3.93. The number of fused-ring (bicyclic) bond motifs is 1. The Kier molecular flexibility index (Phi) is 4.09. The number of H-pyrrole nitrogens is 1. The highest BCUT2D eigenvalue weighted by Gasteiger charge is 2.23. The molecule has 1 aromatic carbocycles. The summed E-state index contributed by atoms with van der Waals surface area (Å²) in [4.78, 5) is 16.7. The van der Waals surface area contributed by atoms with Crippen molar-refractivity contribution in [2.75, 3.05) is 12.8 Å². The third-order valence-corrected chi connectivity index (χ3v) is 5.17. The number of pyridine rings is 2. The average Bonchev–Trinajstić information content (AvgIpc) is 3.41. The van der Waals surface area contributed by atoms with Gasteiger partial charge in [-0.2, -0.15) is 0 Å². The van der Waals surface area contributed by atoms with Crippen molar-refractivity contribution in [1.82, 2.24) is 15.0 Å². The maximum atomic E-state index is 5.91. The lowest BCUT2D eigenvalue weighted by atomic mass is 9.97. The van der Waals surface area contributed by atoms with E-state index in [-0.39, 0.29) is 0 Å². The van der Waals surface area contributed by atoms with Gasteiger partial charge in [0.15, 0.2) is 11.6 Å². The van der Waals surface area contributed by atoms with Crippen LogP contribution < -0.4 is 10.5 Å². The van der Waals surface area contributed by atoms with Crippen LogP contribution in [0.15, 0.2) is 72.2 Å². The van der Waals surface area contributed by atoms with E-state index in [1.54, 1.807) is 25.7 Å². The molecule has 6 heteroatoms. The molecule has 0 bridgehead atoms. The quantitative estimate of drug-likeness (QED) is 0.551. The molecule has 0 aliphatic carbocycles. The van der Waals surface area contributed by atoms with Crippen LogP contribution in [0.4, 0.5) is 5.82 Å². The summed E-state index contributed by atoms with van der Waals surface area (Å²) >= 11 is 0. The molecule has 0 unspecified atom stereocenters. The fourth-order valence-corrected chi connectivity index (χ4v) is 3.66. The van der Waals surface area contributed by atoms with E-state index in [9.17, 15) is 0 Å². The number of aliphatic imine (C=N–C) groups is 1. The van der Waals surface area contributed by atoms with Gasteiger partial charge in [0.25, 0.3) is 0 Å². The molecule has 0 spiro atoms. The van der Waals surface area contributed by atoms with Crippen LogP contribution in [0, 0.1) is 0 Å². The third kappa shape index (κ3) is 3.04. The highest BCUT2D eigenvalue weighted by Crippen LogP contribution is 2.38. The van der Waals surface area contributed by atoms with E-state index in [4.69, 9.17) is 15.5 Å². The summed E-state index contributed by atoms with van der Waals surface area (Å²) in [6.07, 6.45) is 7.98. The van der Waals surface area contributed by atoms with Crippen molar-refractivity contribution in [1.29, 1.82) is 0 Å². The Labute approximate surface area is 167 Å².